The number of amides is 2. The summed E-state index contributed by atoms with van der Waals surface area (Å²) in [6, 6.07) is 0.0198. The Balaban J connectivity index is 2.23. The minimum Gasteiger partial charge on any atom is -0.341 e. The van der Waals surface area contributed by atoms with Crippen molar-refractivity contribution in [1.82, 2.24) is 15.1 Å². The highest BCUT2D eigenvalue weighted by atomic mass is 32.2. The Morgan fingerprint density at radius 1 is 1.46 bits per heavy atom. The van der Waals surface area contributed by atoms with Crippen LogP contribution in [-0.2, 0) is 0 Å². The fourth-order valence-corrected chi connectivity index (χ4v) is 2.07. The molecule has 2 rings (SSSR count). The first-order valence-electron chi connectivity index (χ1n) is 4.03. The summed E-state index contributed by atoms with van der Waals surface area (Å²) in [5.74, 6) is 0. The quantitative estimate of drug-likeness (QED) is 0.597. The van der Waals surface area contributed by atoms with Crippen molar-refractivity contribution in [2.75, 3.05) is 20.4 Å². The Morgan fingerprint density at radius 2 is 2.15 bits per heavy atom. The molecule has 1 fully saturated rings. The van der Waals surface area contributed by atoms with Gasteiger partial charge in [0.05, 0.1) is 0 Å². The van der Waals surface area contributed by atoms with Crippen LogP contribution in [0.4, 0.5) is 4.79 Å². The average Bonchev–Trinajstić information content (AvgIpc) is 2.64. The molecule has 6 heteroatoms. The first kappa shape index (κ1) is 8.68. The van der Waals surface area contributed by atoms with Gasteiger partial charge in [-0.2, -0.15) is 0 Å². The molecule has 2 atom stereocenters. The zero-order chi connectivity index (χ0) is 9.59. The van der Waals surface area contributed by atoms with Crippen molar-refractivity contribution in [2.24, 2.45) is 4.99 Å². The molecule has 72 valence electrons. The number of nitrogens with zero attached hydrogens (tertiary/aromatic N) is 3. The molecular weight excluding hydrogens is 188 g/mol. The third kappa shape index (κ3) is 1.08. The van der Waals surface area contributed by atoms with Crippen molar-refractivity contribution < 1.29 is 4.79 Å². The second-order valence-corrected chi connectivity index (χ2v) is 3.94. The standard InChI is InChI=1S/C7H12N4OS/c1-10-4-5(11(2)7(10)12)9-6(8-4)13-3/h4-5H,1-3H3,(H,8,9)/t4-,5+. The lowest BCUT2D eigenvalue weighted by Gasteiger charge is -2.16. The smallest absolute Gasteiger partial charge is 0.323 e. The first-order valence-corrected chi connectivity index (χ1v) is 5.25. The number of hydrogen-bond donors (Lipinski definition) is 1. The predicted molar refractivity (Wildman–Crippen MR) is 52.6 cm³/mol. The fourth-order valence-electron chi connectivity index (χ4n) is 1.62. The SMILES string of the molecule is CSC1=N[C@@H]2[C@H](N1)N(C)C(=O)N2C. The third-order valence-corrected chi connectivity index (χ3v) is 3.02. The summed E-state index contributed by atoms with van der Waals surface area (Å²) in [7, 11) is 3.56. The molecule has 0 saturated carbocycles. The summed E-state index contributed by atoms with van der Waals surface area (Å²) < 4.78 is 0. The molecule has 0 spiro atoms. The molecular formula is C7H12N4OS. The molecule has 2 aliphatic heterocycles. The summed E-state index contributed by atoms with van der Waals surface area (Å²) in [6.07, 6.45) is 1.93. The van der Waals surface area contributed by atoms with Gasteiger partial charge in [-0.05, 0) is 6.26 Å². The van der Waals surface area contributed by atoms with Crippen LogP contribution in [0.25, 0.3) is 0 Å². The van der Waals surface area contributed by atoms with Gasteiger partial charge in [0, 0.05) is 14.1 Å². The lowest BCUT2D eigenvalue weighted by atomic mass is 10.4. The maximum absolute atomic E-state index is 11.4. The highest BCUT2D eigenvalue weighted by Crippen LogP contribution is 2.24. The van der Waals surface area contributed by atoms with Gasteiger partial charge in [-0.25, -0.2) is 9.79 Å². The highest BCUT2D eigenvalue weighted by Gasteiger charge is 2.45. The summed E-state index contributed by atoms with van der Waals surface area (Å²) in [6.45, 7) is 0. The van der Waals surface area contributed by atoms with Crippen molar-refractivity contribution >= 4 is 23.0 Å². The van der Waals surface area contributed by atoms with E-state index in [0.29, 0.717) is 0 Å². The molecule has 1 saturated heterocycles. The lowest BCUT2D eigenvalue weighted by molar-refractivity contribution is 0.198. The number of aliphatic imine (C=N–C) groups is 1. The van der Waals surface area contributed by atoms with Crippen molar-refractivity contribution in [3.8, 4) is 0 Å². The van der Waals surface area contributed by atoms with Crippen LogP contribution in [0.15, 0.2) is 4.99 Å². The second-order valence-electron chi connectivity index (χ2n) is 3.15. The maximum atomic E-state index is 11.4. The van der Waals surface area contributed by atoms with E-state index in [4.69, 9.17) is 0 Å². The van der Waals surface area contributed by atoms with Gasteiger partial charge in [-0.3, -0.25) is 0 Å². The van der Waals surface area contributed by atoms with Crippen LogP contribution in [0.3, 0.4) is 0 Å². The van der Waals surface area contributed by atoms with Crippen LogP contribution >= 0.6 is 11.8 Å². The van der Waals surface area contributed by atoms with Gasteiger partial charge >= 0.3 is 6.03 Å². The van der Waals surface area contributed by atoms with Crippen molar-refractivity contribution in [3.05, 3.63) is 0 Å². The van der Waals surface area contributed by atoms with E-state index < -0.39 is 0 Å². The zero-order valence-electron chi connectivity index (χ0n) is 7.81. The predicted octanol–water partition coefficient (Wildman–Crippen LogP) is -0.0420. The van der Waals surface area contributed by atoms with E-state index in [1.165, 1.54) is 0 Å². The van der Waals surface area contributed by atoms with Crippen LogP contribution < -0.4 is 5.32 Å². The van der Waals surface area contributed by atoms with Crippen LogP contribution in [-0.4, -0.2) is 53.7 Å². The molecule has 1 N–H and O–H groups in total. The van der Waals surface area contributed by atoms with Gasteiger partial charge in [0.25, 0.3) is 0 Å². The third-order valence-electron chi connectivity index (χ3n) is 2.41. The minimum atomic E-state index is -0.0556. The summed E-state index contributed by atoms with van der Waals surface area (Å²) >= 11 is 1.57. The molecule has 0 bridgehead atoms. The number of carbonyl (C=O) groups is 1. The normalized spacial score (nSPS) is 31.9. The molecule has 2 aliphatic rings. The number of likely N-dealkylation sites (N-methyl/N-ethyl adjacent to an activating group) is 2. The molecule has 0 radical (unpaired) electrons. The Labute approximate surface area is 81.2 Å². The molecule has 5 nitrogen and oxygen atoms in total. The maximum Gasteiger partial charge on any atom is 0.323 e. The van der Waals surface area contributed by atoms with E-state index in [2.05, 4.69) is 10.3 Å². The van der Waals surface area contributed by atoms with Crippen molar-refractivity contribution in [3.63, 3.8) is 0 Å². The molecule has 0 aliphatic carbocycles. The van der Waals surface area contributed by atoms with E-state index in [-0.39, 0.29) is 18.4 Å². The van der Waals surface area contributed by atoms with Crippen LogP contribution in [0.2, 0.25) is 0 Å². The number of fused-ring (bicyclic) bond motifs is 1. The van der Waals surface area contributed by atoms with Gasteiger partial charge in [0.2, 0.25) is 0 Å². The largest absolute Gasteiger partial charge is 0.341 e. The molecule has 13 heavy (non-hydrogen) atoms. The molecule has 0 aromatic heterocycles. The number of thioether (sulfide) groups is 1. The number of urea groups is 1. The van der Waals surface area contributed by atoms with Gasteiger partial charge in [-0.1, -0.05) is 11.8 Å². The van der Waals surface area contributed by atoms with Crippen LogP contribution in [0.5, 0.6) is 0 Å². The minimum absolute atomic E-state index is 0.0138. The number of rotatable bonds is 0. The molecule has 2 heterocycles. The Morgan fingerprint density at radius 3 is 2.69 bits per heavy atom. The Kier molecular flexibility index (Phi) is 1.87. The molecule has 0 aromatic rings. The van der Waals surface area contributed by atoms with E-state index in [0.717, 1.165) is 5.17 Å². The fraction of sp³-hybridized carbons (Fsp3) is 0.714. The summed E-state index contributed by atoms with van der Waals surface area (Å²) in [4.78, 5) is 19.2. The van der Waals surface area contributed by atoms with Crippen molar-refractivity contribution in [1.29, 1.82) is 0 Å². The van der Waals surface area contributed by atoms with E-state index in [9.17, 15) is 4.79 Å². The van der Waals surface area contributed by atoms with Gasteiger partial charge in [-0.15, -0.1) is 0 Å². The molecule has 0 aromatic carbocycles. The number of hydrogen-bond acceptors (Lipinski definition) is 4. The van der Waals surface area contributed by atoms with Gasteiger partial charge < -0.3 is 15.1 Å². The highest BCUT2D eigenvalue weighted by molar-refractivity contribution is 8.13. The Hall–Kier alpha value is -0.910. The second kappa shape index (κ2) is 2.80. The summed E-state index contributed by atoms with van der Waals surface area (Å²) in [5, 5.41) is 4.09. The average molecular weight is 200 g/mol. The summed E-state index contributed by atoms with van der Waals surface area (Å²) in [5.41, 5.74) is 0. The number of carbonyl (C=O) groups excluding carboxylic acids is 1. The molecule has 2 amide bonds. The van der Waals surface area contributed by atoms with Gasteiger partial charge in [0.1, 0.15) is 6.17 Å². The zero-order valence-corrected chi connectivity index (χ0v) is 8.63. The van der Waals surface area contributed by atoms with Crippen LogP contribution in [0.1, 0.15) is 0 Å². The van der Waals surface area contributed by atoms with E-state index in [1.54, 1.807) is 35.7 Å². The number of amidine groups is 1. The topological polar surface area (TPSA) is 47.9 Å². The number of nitrogens with one attached hydrogen (secondary N) is 1. The van der Waals surface area contributed by atoms with Crippen LogP contribution in [0, 0.1) is 0 Å². The van der Waals surface area contributed by atoms with E-state index in [1.807, 2.05) is 6.26 Å². The Bertz CT molecular complexity index is 280. The van der Waals surface area contributed by atoms with E-state index >= 15 is 0 Å². The first-order chi connectivity index (χ1) is 6.15. The van der Waals surface area contributed by atoms with Crippen molar-refractivity contribution in [2.45, 2.75) is 12.3 Å². The molecule has 0 unspecified atom stereocenters. The monoisotopic (exact) mass is 200 g/mol. The lowest BCUT2D eigenvalue weighted by Crippen LogP contribution is -2.42. The van der Waals surface area contributed by atoms with Gasteiger partial charge in [0.15, 0.2) is 11.3 Å².